The van der Waals surface area contributed by atoms with Crippen molar-refractivity contribution in [2.45, 2.75) is 32.5 Å². The Morgan fingerprint density at radius 2 is 1.81 bits per heavy atom. The average Bonchev–Trinajstić information content (AvgIpc) is 3.60. The number of likely N-dealkylation sites (N-methyl/N-ethyl adjacent to an activating group) is 1. The Labute approximate surface area is 208 Å². The first kappa shape index (κ1) is 23.6. The molecule has 11 heteroatoms. The predicted octanol–water partition coefficient (Wildman–Crippen LogP) is 5.14. The van der Waals surface area contributed by atoms with Gasteiger partial charge in [-0.1, -0.05) is 17.9 Å². The van der Waals surface area contributed by atoms with E-state index in [9.17, 15) is 17.6 Å². The highest BCUT2D eigenvalue weighted by Crippen LogP contribution is 2.57. The molecule has 0 unspecified atom stereocenters. The van der Waals surface area contributed by atoms with Gasteiger partial charge < -0.3 is 9.80 Å². The Kier molecular flexibility index (Phi) is 5.18. The summed E-state index contributed by atoms with van der Waals surface area (Å²) in [6, 6.07) is 7.69. The molecule has 0 bridgehead atoms. The lowest BCUT2D eigenvalue weighted by atomic mass is 10.0. The van der Waals surface area contributed by atoms with Gasteiger partial charge in [-0.05, 0) is 51.1 Å². The number of anilines is 2. The molecule has 0 amide bonds. The number of aryl methyl sites for hydroxylation is 1. The zero-order valence-corrected chi connectivity index (χ0v) is 20.0. The highest BCUT2D eigenvalue weighted by Gasteiger charge is 2.62. The molecule has 1 fully saturated rings. The fourth-order valence-electron chi connectivity index (χ4n) is 4.85. The number of alkyl halides is 3. The maximum absolute atomic E-state index is 15.3. The number of nitrogens with zero attached hydrogens (tertiary/aromatic N) is 6. The minimum Gasteiger partial charge on any atom is -0.324 e. The Balaban J connectivity index is 1.57. The molecule has 3 heterocycles. The van der Waals surface area contributed by atoms with Gasteiger partial charge in [-0.3, -0.25) is 4.40 Å². The van der Waals surface area contributed by atoms with Crippen LogP contribution in [0.5, 0.6) is 0 Å². The molecule has 2 aromatic carbocycles. The van der Waals surface area contributed by atoms with Gasteiger partial charge in [0.1, 0.15) is 17.1 Å². The van der Waals surface area contributed by atoms with Gasteiger partial charge in [0, 0.05) is 36.4 Å². The van der Waals surface area contributed by atoms with Gasteiger partial charge in [-0.15, -0.1) is 10.2 Å². The summed E-state index contributed by atoms with van der Waals surface area (Å²) in [5, 5.41) is 8.11. The first-order valence-corrected chi connectivity index (χ1v) is 11.8. The number of benzene rings is 2. The Morgan fingerprint density at radius 1 is 1.03 bits per heavy atom. The van der Waals surface area contributed by atoms with Crippen molar-refractivity contribution in [2.75, 3.05) is 25.0 Å². The van der Waals surface area contributed by atoms with Crippen molar-refractivity contribution in [1.82, 2.24) is 24.5 Å². The topological polar surface area (TPSA) is 49.6 Å². The highest BCUT2D eigenvalue weighted by atomic mass is 19.4. The van der Waals surface area contributed by atoms with Crippen molar-refractivity contribution in [1.29, 1.82) is 0 Å². The monoisotopic (exact) mass is 512 g/mol. The number of hydrogen-bond donors (Lipinski definition) is 0. The molecule has 4 aromatic rings. The van der Waals surface area contributed by atoms with E-state index >= 15 is 4.39 Å². The van der Waals surface area contributed by atoms with Crippen molar-refractivity contribution >= 4 is 28.2 Å². The van der Waals surface area contributed by atoms with E-state index in [0.29, 0.717) is 47.8 Å². The van der Waals surface area contributed by atoms with Crippen LogP contribution in [0, 0.1) is 35.8 Å². The molecule has 2 aliphatic rings. The summed E-state index contributed by atoms with van der Waals surface area (Å²) in [6.07, 6.45) is -4.41. The lowest BCUT2D eigenvalue weighted by Gasteiger charge is -2.26. The zero-order chi connectivity index (χ0) is 26.1. The molecular formula is C26H21F5N6. The van der Waals surface area contributed by atoms with E-state index in [4.69, 9.17) is 0 Å². The number of fused-ring (bicyclic) bond motifs is 4. The largest absolute Gasteiger partial charge is 0.405 e. The van der Waals surface area contributed by atoms with E-state index in [1.54, 1.807) is 34.4 Å². The van der Waals surface area contributed by atoms with Gasteiger partial charge in [-0.25, -0.2) is 8.78 Å². The van der Waals surface area contributed by atoms with Gasteiger partial charge in [0.05, 0.1) is 10.9 Å². The van der Waals surface area contributed by atoms with Crippen molar-refractivity contribution in [3.8, 4) is 11.8 Å². The Hall–Kier alpha value is -3.78. The second-order valence-electron chi connectivity index (χ2n) is 9.60. The molecular weight excluding hydrogens is 491 g/mol. The van der Waals surface area contributed by atoms with Crippen LogP contribution in [-0.4, -0.2) is 50.8 Å². The van der Waals surface area contributed by atoms with Crippen LogP contribution in [0.25, 0.3) is 16.7 Å². The van der Waals surface area contributed by atoms with Crippen molar-refractivity contribution < 1.29 is 22.0 Å². The van der Waals surface area contributed by atoms with Crippen LogP contribution >= 0.6 is 0 Å². The Bertz CT molecular complexity index is 1630. The van der Waals surface area contributed by atoms with Crippen molar-refractivity contribution in [2.24, 2.45) is 5.41 Å². The summed E-state index contributed by atoms with van der Waals surface area (Å²) in [5.41, 5.74) is 0.170. The molecule has 2 aromatic heterocycles. The van der Waals surface area contributed by atoms with Crippen LogP contribution in [0.4, 0.5) is 33.5 Å². The maximum atomic E-state index is 15.3. The zero-order valence-electron chi connectivity index (χ0n) is 20.0. The first-order valence-electron chi connectivity index (χ1n) is 11.8. The van der Waals surface area contributed by atoms with Crippen LogP contribution in [-0.2, 0) is 6.54 Å². The molecule has 0 saturated heterocycles. The summed E-state index contributed by atoms with van der Waals surface area (Å²) in [5.74, 6) is 4.05. The molecule has 1 saturated carbocycles. The summed E-state index contributed by atoms with van der Waals surface area (Å²) in [7, 11) is 1.88. The van der Waals surface area contributed by atoms with Crippen LogP contribution in [0.15, 0.2) is 30.3 Å². The molecule has 6 rings (SSSR count). The van der Waals surface area contributed by atoms with E-state index in [1.807, 2.05) is 11.9 Å². The maximum Gasteiger partial charge on any atom is 0.405 e. The van der Waals surface area contributed by atoms with Gasteiger partial charge in [0.2, 0.25) is 0 Å². The Morgan fingerprint density at radius 3 is 2.54 bits per heavy atom. The fraction of sp³-hybridized carbons (Fsp3) is 0.346. The van der Waals surface area contributed by atoms with E-state index < -0.39 is 23.2 Å². The standard InChI is InChI=1S/C26H21F5N6/c1-15-33-34-24-32-23(21-20(37(15)24)7-6-18(27)22(21)28)36-13-12-35(2)14-17-16(4-3-5-19(17)36)8-9-25(10-11-25)26(29,30)31/h3-7H,10-14H2,1-2H3. The molecule has 0 radical (unpaired) electrons. The molecule has 6 nitrogen and oxygen atoms in total. The molecule has 37 heavy (non-hydrogen) atoms. The number of hydrogen-bond acceptors (Lipinski definition) is 5. The van der Waals surface area contributed by atoms with Gasteiger partial charge in [-0.2, -0.15) is 18.2 Å². The minimum atomic E-state index is -4.38. The van der Waals surface area contributed by atoms with Gasteiger partial charge >= 0.3 is 6.18 Å². The third-order valence-electron chi connectivity index (χ3n) is 7.11. The third kappa shape index (κ3) is 3.70. The van der Waals surface area contributed by atoms with Crippen LogP contribution in [0.2, 0.25) is 0 Å². The number of aromatic nitrogens is 4. The summed E-state index contributed by atoms with van der Waals surface area (Å²) >= 11 is 0. The van der Waals surface area contributed by atoms with Crippen molar-refractivity contribution in [3.05, 3.63) is 58.9 Å². The second kappa shape index (κ2) is 8.11. The van der Waals surface area contributed by atoms with E-state index in [2.05, 4.69) is 27.0 Å². The van der Waals surface area contributed by atoms with Crippen molar-refractivity contribution in [3.63, 3.8) is 0 Å². The minimum absolute atomic E-state index is 0.0108. The van der Waals surface area contributed by atoms with E-state index in [-0.39, 0.29) is 29.8 Å². The average molecular weight is 512 g/mol. The number of halogens is 5. The molecule has 190 valence electrons. The lowest BCUT2D eigenvalue weighted by Crippen LogP contribution is -2.27. The van der Waals surface area contributed by atoms with E-state index in [1.165, 1.54) is 6.07 Å². The number of rotatable bonds is 1. The van der Waals surface area contributed by atoms with Gasteiger partial charge in [0.15, 0.2) is 11.6 Å². The molecule has 0 spiro atoms. The van der Waals surface area contributed by atoms with Crippen LogP contribution in [0.3, 0.4) is 0 Å². The normalized spacial score (nSPS) is 17.4. The molecule has 0 atom stereocenters. The SMILES string of the molecule is Cc1nnc2nc(N3CCN(C)Cc4c(C#CC5(C(F)(F)F)CC5)cccc43)c3c(F)c(F)ccc3n12. The highest BCUT2D eigenvalue weighted by molar-refractivity contribution is 5.94. The first-order chi connectivity index (χ1) is 17.6. The fourth-order valence-corrected chi connectivity index (χ4v) is 4.85. The van der Waals surface area contributed by atoms with E-state index in [0.717, 1.165) is 6.07 Å². The smallest absolute Gasteiger partial charge is 0.324 e. The second-order valence-corrected chi connectivity index (χ2v) is 9.60. The summed E-state index contributed by atoms with van der Waals surface area (Å²) in [4.78, 5) is 8.34. The predicted molar refractivity (Wildman–Crippen MR) is 127 cm³/mol. The van der Waals surface area contributed by atoms with Crippen LogP contribution < -0.4 is 4.90 Å². The summed E-state index contributed by atoms with van der Waals surface area (Å²) in [6.45, 7) is 3.01. The quantitative estimate of drug-likeness (QED) is 0.261. The summed E-state index contributed by atoms with van der Waals surface area (Å²) < 4.78 is 71.8. The molecule has 1 aliphatic heterocycles. The van der Waals surface area contributed by atoms with Crippen LogP contribution in [0.1, 0.15) is 29.8 Å². The molecule has 0 N–H and O–H groups in total. The lowest BCUT2D eigenvalue weighted by molar-refractivity contribution is -0.168. The molecule has 1 aliphatic carbocycles. The van der Waals surface area contributed by atoms with Gasteiger partial charge in [0.25, 0.3) is 5.78 Å². The third-order valence-corrected chi connectivity index (χ3v) is 7.11.